The van der Waals surface area contributed by atoms with Gasteiger partial charge >= 0.3 is 6.03 Å². The quantitative estimate of drug-likeness (QED) is 0.807. The second-order valence-electron chi connectivity index (χ2n) is 6.87. The van der Waals surface area contributed by atoms with E-state index in [1.165, 1.54) is 0 Å². The summed E-state index contributed by atoms with van der Waals surface area (Å²) in [6.45, 7) is 3.89. The number of β-amino-alcohol motifs (C(OH)–C–C–N with tert-alkyl or cyclic N) is 1. The van der Waals surface area contributed by atoms with Crippen molar-refractivity contribution in [3.63, 3.8) is 0 Å². The van der Waals surface area contributed by atoms with E-state index in [1.807, 2.05) is 32.0 Å². The SMILES string of the molecule is Cc1ccc(C)c(OC[C@@H](O)CN2C(=O)NC3(CCCC3)C2=O)c1. The lowest BCUT2D eigenvalue weighted by atomic mass is 9.98. The summed E-state index contributed by atoms with van der Waals surface area (Å²) in [6, 6.07) is 5.45. The highest BCUT2D eigenvalue weighted by molar-refractivity contribution is 6.07. The Labute approximate surface area is 141 Å². The number of nitrogens with zero attached hydrogens (tertiary/aromatic N) is 1. The van der Waals surface area contributed by atoms with Gasteiger partial charge in [0, 0.05) is 0 Å². The molecule has 0 bridgehead atoms. The molecular weight excluding hydrogens is 308 g/mol. The molecule has 2 N–H and O–H groups in total. The molecule has 24 heavy (non-hydrogen) atoms. The molecule has 2 fully saturated rings. The van der Waals surface area contributed by atoms with Crippen LogP contribution in [0.4, 0.5) is 4.79 Å². The molecule has 1 spiro atoms. The standard InChI is InChI=1S/C18H24N2O4/c1-12-5-6-13(2)15(9-12)24-11-14(21)10-20-16(22)18(19-17(20)23)7-3-4-8-18/h5-6,9,14,21H,3-4,7-8,10-11H2,1-2H3,(H,19,23)/t14-/m0/s1. The van der Waals surface area contributed by atoms with Crippen molar-refractivity contribution in [2.75, 3.05) is 13.2 Å². The molecule has 130 valence electrons. The summed E-state index contributed by atoms with van der Waals surface area (Å²) < 4.78 is 5.66. The lowest BCUT2D eigenvalue weighted by Gasteiger charge is -2.21. The van der Waals surface area contributed by atoms with E-state index in [0.29, 0.717) is 18.6 Å². The summed E-state index contributed by atoms with van der Waals surface area (Å²) in [5.41, 5.74) is 1.32. The van der Waals surface area contributed by atoms with Gasteiger partial charge in [0.25, 0.3) is 5.91 Å². The van der Waals surface area contributed by atoms with Crippen LogP contribution in [-0.4, -0.2) is 46.7 Å². The van der Waals surface area contributed by atoms with Crippen molar-refractivity contribution in [1.29, 1.82) is 0 Å². The highest BCUT2D eigenvalue weighted by atomic mass is 16.5. The predicted octanol–water partition coefficient (Wildman–Crippen LogP) is 1.91. The zero-order valence-electron chi connectivity index (χ0n) is 14.2. The Morgan fingerprint density at radius 1 is 1.29 bits per heavy atom. The number of aryl methyl sites for hydroxylation is 2. The van der Waals surface area contributed by atoms with Gasteiger partial charge in [0.05, 0.1) is 6.54 Å². The zero-order chi connectivity index (χ0) is 17.3. The molecule has 3 rings (SSSR count). The van der Waals surface area contributed by atoms with Gasteiger partial charge in [-0.15, -0.1) is 0 Å². The van der Waals surface area contributed by atoms with Crippen molar-refractivity contribution >= 4 is 11.9 Å². The zero-order valence-corrected chi connectivity index (χ0v) is 14.2. The summed E-state index contributed by atoms with van der Waals surface area (Å²) in [5, 5.41) is 13.0. The number of aliphatic hydroxyl groups is 1. The Hall–Kier alpha value is -2.08. The Morgan fingerprint density at radius 2 is 2.00 bits per heavy atom. The van der Waals surface area contributed by atoms with Gasteiger partial charge in [0.1, 0.15) is 24.0 Å². The molecule has 6 heteroatoms. The van der Waals surface area contributed by atoms with E-state index in [4.69, 9.17) is 4.74 Å². The maximum Gasteiger partial charge on any atom is 0.325 e. The van der Waals surface area contributed by atoms with E-state index < -0.39 is 17.7 Å². The van der Waals surface area contributed by atoms with Gasteiger partial charge in [-0.25, -0.2) is 4.79 Å². The van der Waals surface area contributed by atoms with Gasteiger partial charge in [-0.1, -0.05) is 25.0 Å². The summed E-state index contributed by atoms with van der Waals surface area (Å²) in [5.74, 6) is 0.495. The smallest absolute Gasteiger partial charge is 0.325 e. The molecule has 1 heterocycles. The highest BCUT2D eigenvalue weighted by Gasteiger charge is 2.52. The molecule has 1 saturated heterocycles. The number of benzene rings is 1. The van der Waals surface area contributed by atoms with Gasteiger partial charge in [0.2, 0.25) is 0 Å². The summed E-state index contributed by atoms with van der Waals surface area (Å²) in [4.78, 5) is 25.8. The first-order valence-corrected chi connectivity index (χ1v) is 8.43. The third-order valence-electron chi connectivity index (χ3n) is 4.87. The van der Waals surface area contributed by atoms with Crippen LogP contribution in [0.1, 0.15) is 36.8 Å². The molecule has 1 aromatic rings. The molecule has 1 saturated carbocycles. The maximum atomic E-state index is 12.5. The Bertz CT molecular complexity index is 652. The third kappa shape index (κ3) is 3.11. The fourth-order valence-corrected chi connectivity index (χ4v) is 3.47. The highest BCUT2D eigenvalue weighted by Crippen LogP contribution is 2.35. The number of imide groups is 1. The van der Waals surface area contributed by atoms with Gasteiger partial charge in [-0.05, 0) is 43.9 Å². The maximum absolute atomic E-state index is 12.5. The molecular formula is C18H24N2O4. The summed E-state index contributed by atoms with van der Waals surface area (Å²) >= 11 is 0. The molecule has 3 amide bonds. The van der Waals surface area contributed by atoms with Crippen LogP contribution in [0.15, 0.2) is 18.2 Å². The number of carbonyl (C=O) groups excluding carboxylic acids is 2. The largest absolute Gasteiger partial charge is 0.491 e. The van der Waals surface area contributed by atoms with Crippen molar-refractivity contribution in [2.45, 2.75) is 51.2 Å². The number of hydrogen-bond acceptors (Lipinski definition) is 4. The van der Waals surface area contributed by atoms with Gasteiger partial charge in [0.15, 0.2) is 0 Å². The van der Waals surface area contributed by atoms with Crippen LogP contribution in [0.5, 0.6) is 5.75 Å². The second kappa shape index (κ2) is 6.43. The molecule has 2 aliphatic rings. The van der Waals surface area contributed by atoms with Crippen molar-refractivity contribution < 1.29 is 19.4 Å². The van der Waals surface area contributed by atoms with Crippen LogP contribution < -0.4 is 10.1 Å². The molecule has 1 aliphatic carbocycles. The number of carbonyl (C=O) groups is 2. The summed E-state index contributed by atoms with van der Waals surface area (Å²) in [7, 11) is 0. The van der Waals surface area contributed by atoms with Crippen molar-refractivity contribution in [3.05, 3.63) is 29.3 Å². The molecule has 0 radical (unpaired) electrons. The average Bonchev–Trinajstić information content (AvgIpc) is 3.10. The first-order chi connectivity index (χ1) is 11.4. The molecule has 6 nitrogen and oxygen atoms in total. The summed E-state index contributed by atoms with van der Waals surface area (Å²) in [6.07, 6.45) is 2.33. The van der Waals surface area contributed by atoms with Crippen molar-refractivity contribution in [2.24, 2.45) is 0 Å². The van der Waals surface area contributed by atoms with Gasteiger partial charge < -0.3 is 15.2 Å². The van der Waals surface area contributed by atoms with E-state index in [0.717, 1.165) is 28.9 Å². The van der Waals surface area contributed by atoms with Crippen LogP contribution in [0, 0.1) is 13.8 Å². The first kappa shape index (κ1) is 16.8. The van der Waals surface area contributed by atoms with Crippen LogP contribution in [0.25, 0.3) is 0 Å². The first-order valence-electron chi connectivity index (χ1n) is 8.43. The molecule has 0 aromatic heterocycles. The Kier molecular flexibility index (Phi) is 4.49. The lowest BCUT2D eigenvalue weighted by molar-refractivity contribution is -0.132. The molecule has 1 aliphatic heterocycles. The fourth-order valence-electron chi connectivity index (χ4n) is 3.47. The number of aliphatic hydroxyl groups excluding tert-OH is 1. The minimum Gasteiger partial charge on any atom is -0.491 e. The molecule has 1 aromatic carbocycles. The number of ether oxygens (including phenoxy) is 1. The molecule has 1 atom stereocenters. The Balaban J connectivity index is 1.59. The van der Waals surface area contributed by atoms with Crippen LogP contribution in [0.3, 0.4) is 0 Å². The minimum atomic E-state index is -0.920. The third-order valence-corrected chi connectivity index (χ3v) is 4.87. The van der Waals surface area contributed by atoms with Gasteiger partial charge in [-0.2, -0.15) is 0 Å². The van der Waals surface area contributed by atoms with E-state index in [2.05, 4.69) is 5.32 Å². The predicted molar refractivity (Wildman–Crippen MR) is 88.9 cm³/mol. The lowest BCUT2D eigenvalue weighted by Crippen LogP contribution is -2.45. The number of urea groups is 1. The van der Waals surface area contributed by atoms with Crippen LogP contribution in [0.2, 0.25) is 0 Å². The van der Waals surface area contributed by atoms with E-state index >= 15 is 0 Å². The number of nitrogens with one attached hydrogen (secondary N) is 1. The fraction of sp³-hybridized carbons (Fsp3) is 0.556. The topological polar surface area (TPSA) is 78.9 Å². The van der Waals surface area contributed by atoms with Crippen molar-refractivity contribution in [3.8, 4) is 5.75 Å². The van der Waals surface area contributed by atoms with Crippen molar-refractivity contribution in [1.82, 2.24) is 10.2 Å². The molecule has 0 unspecified atom stereocenters. The average molecular weight is 332 g/mol. The normalized spacial score (nSPS) is 20.5. The van der Waals surface area contributed by atoms with Gasteiger partial charge in [-0.3, -0.25) is 9.69 Å². The Morgan fingerprint density at radius 3 is 2.71 bits per heavy atom. The minimum absolute atomic E-state index is 0.0361. The van der Waals surface area contributed by atoms with E-state index in [9.17, 15) is 14.7 Å². The number of amides is 3. The number of rotatable bonds is 5. The monoisotopic (exact) mass is 332 g/mol. The van der Waals surface area contributed by atoms with E-state index in [1.54, 1.807) is 0 Å². The van der Waals surface area contributed by atoms with E-state index in [-0.39, 0.29) is 19.1 Å². The number of hydrogen-bond donors (Lipinski definition) is 2. The van der Waals surface area contributed by atoms with Crippen LogP contribution in [-0.2, 0) is 4.79 Å². The van der Waals surface area contributed by atoms with Crippen LogP contribution >= 0.6 is 0 Å². The second-order valence-corrected chi connectivity index (χ2v) is 6.87.